The number of nitrogens with zero attached hydrogens (tertiary/aromatic N) is 3. The van der Waals surface area contributed by atoms with Gasteiger partial charge in [-0.25, -0.2) is 9.78 Å². The number of aryl methyl sites for hydroxylation is 1. The van der Waals surface area contributed by atoms with E-state index in [9.17, 15) is 4.79 Å². The maximum absolute atomic E-state index is 11.3. The van der Waals surface area contributed by atoms with E-state index in [4.69, 9.17) is 4.74 Å². The highest BCUT2D eigenvalue weighted by atomic mass is 32.1. The fourth-order valence-electron chi connectivity index (χ4n) is 1.51. The second-order valence-electron chi connectivity index (χ2n) is 3.45. The standard InChI is InChI=1S/C9H13N3O3S/c1-6-10-9(16-11-6)12-3-4-15-7(5-12)8(13)14-2/h7H,3-5H2,1-2H3. The Hall–Kier alpha value is -1.21. The van der Waals surface area contributed by atoms with E-state index in [1.165, 1.54) is 18.6 Å². The van der Waals surface area contributed by atoms with Crippen LogP contribution in [0.15, 0.2) is 0 Å². The number of morpholine rings is 1. The molecule has 2 rings (SSSR count). The number of ether oxygens (including phenoxy) is 2. The molecule has 0 aromatic carbocycles. The predicted molar refractivity (Wildman–Crippen MR) is 58.6 cm³/mol. The first kappa shape index (κ1) is 11.3. The van der Waals surface area contributed by atoms with Crippen molar-refractivity contribution in [1.29, 1.82) is 0 Å². The molecule has 1 aromatic heterocycles. The quantitative estimate of drug-likeness (QED) is 0.693. The number of anilines is 1. The molecule has 0 spiro atoms. The van der Waals surface area contributed by atoms with Gasteiger partial charge in [-0.05, 0) is 6.92 Å². The average Bonchev–Trinajstić information content (AvgIpc) is 2.75. The summed E-state index contributed by atoms with van der Waals surface area (Å²) in [4.78, 5) is 17.6. The van der Waals surface area contributed by atoms with E-state index >= 15 is 0 Å². The number of esters is 1. The Kier molecular flexibility index (Phi) is 3.35. The Morgan fingerprint density at radius 3 is 3.12 bits per heavy atom. The Labute approximate surface area is 97.3 Å². The van der Waals surface area contributed by atoms with Crippen molar-refractivity contribution in [2.45, 2.75) is 13.0 Å². The van der Waals surface area contributed by atoms with Crippen LogP contribution in [-0.2, 0) is 14.3 Å². The number of methoxy groups -OCH3 is 1. The lowest BCUT2D eigenvalue weighted by Gasteiger charge is -2.30. The molecule has 1 atom stereocenters. The molecule has 16 heavy (non-hydrogen) atoms. The molecule has 0 radical (unpaired) electrons. The maximum Gasteiger partial charge on any atom is 0.336 e. The summed E-state index contributed by atoms with van der Waals surface area (Å²) in [6, 6.07) is 0. The molecule has 1 aliphatic heterocycles. The van der Waals surface area contributed by atoms with Crippen molar-refractivity contribution in [3.05, 3.63) is 5.82 Å². The maximum atomic E-state index is 11.3. The molecule has 6 nitrogen and oxygen atoms in total. The minimum Gasteiger partial charge on any atom is -0.467 e. The van der Waals surface area contributed by atoms with Gasteiger partial charge in [0, 0.05) is 18.1 Å². The lowest BCUT2D eigenvalue weighted by Crippen LogP contribution is -2.46. The Morgan fingerprint density at radius 2 is 2.50 bits per heavy atom. The van der Waals surface area contributed by atoms with Crippen LogP contribution in [0.1, 0.15) is 5.82 Å². The van der Waals surface area contributed by atoms with Crippen molar-refractivity contribution in [3.8, 4) is 0 Å². The fourth-order valence-corrected chi connectivity index (χ4v) is 2.22. The highest BCUT2D eigenvalue weighted by Crippen LogP contribution is 2.20. The van der Waals surface area contributed by atoms with Crippen LogP contribution < -0.4 is 4.90 Å². The van der Waals surface area contributed by atoms with Crippen molar-refractivity contribution in [2.75, 3.05) is 31.7 Å². The van der Waals surface area contributed by atoms with Crippen LogP contribution in [0.2, 0.25) is 0 Å². The van der Waals surface area contributed by atoms with Crippen LogP contribution >= 0.6 is 11.5 Å². The minimum absolute atomic E-state index is 0.342. The first-order valence-corrected chi connectivity index (χ1v) is 5.72. The summed E-state index contributed by atoms with van der Waals surface area (Å²) in [6.45, 7) is 3.54. The van der Waals surface area contributed by atoms with Gasteiger partial charge in [-0.15, -0.1) is 0 Å². The topological polar surface area (TPSA) is 64.5 Å². The third-order valence-electron chi connectivity index (χ3n) is 2.32. The van der Waals surface area contributed by atoms with Crippen LogP contribution in [0.5, 0.6) is 0 Å². The molecule has 0 aliphatic carbocycles. The predicted octanol–water partition coefficient (Wildman–Crippen LogP) is 0.225. The smallest absolute Gasteiger partial charge is 0.336 e. The normalized spacial score (nSPS) is 20.9. The third kappa shape index (κ3) is 2.30. The molecule has 0 amide bonds. The third-order valence-corrected chi connectivity index (χ3v) is 3.19. The molecule has 0 N–H and O–H groups in total. The van der Waals surface area contributed by atoms with Crippen LogP contribution in [0.25, 0.3) is 0 Å². The summed E-state index contributed by atoms with van der Waals surface area (Å²) in [5, 5.41) is 0.828. The number of hydrogen-bond acceptors (Lipinski definition) is 7. The molecule has 1 unspecified atom stereocenters. The van der Waals surface area contributed by atoms with Crippen LogP contribution in [0.4, 0.5) is 5.13 Å². The zero-order chi connectivity index (χ0) is 11.5. The first-order valence-electron chi connectivity index (χ1n) is 4.95. The number of carbonyl (C=O) groups is 1. The van der Waals surface area contributed by atoms with Gasteiger partial charge in [0.15, 0.2) is 6.10 Å². The van der Waals surface area contributed by atoms with E-state index in [0.717, 1.165) is 17.5 Å². The van der Waals surface area contributed by atoms with Gasteiger partial charge in [-0.2, -0.15) is 4.37 Å². The van der Waals surface area contributed by atoms with Gasteiger partial charge in [0.2, 0.25) is 5.13 Å². The number of carbonyl (C=O) groups excluding carboxylic acids is 1. The Bertz CT molecular complexity index is 382. The molecule has 1 saturated heterocycles. The van der Waals surface area contributed by atoms with Gasteiger partial charge in [0.25, 0.3) is 0 Å². The van der Waals surface area contributed by atoms with Crippen LogP contribution in [-0.4, -0.2) is 48.2 Å². The fraction of sp³-hybridized carbons (Fsp3) is 0.667. The zero-order valence-corrected chi connectivity index (χ0v) is 9.99. The SMILES string of the molecule is COC(=O)C1CN(c2nc(C)ns2)CCO1. The lowest BCUT2D eigenvalue weighted by molar-refractivity contribution is -0.154. The van der Waals surface area contributed by atoms with Crippen molar-refractivity contribution in [1.82, 2.24) is 9.36 Å². The molecule has 0 bridgehead atoms. The molecule has 2 heterocycles. The molecule has 1 aromatic rings. The van der Waals surface area contributed by atoms with Crippen molar-refractivity contribution in [3.63, 3.8) is 0 Å². The van der Waals surface area contributed by atoms with Gasteiger partial charge in [0.05, 0.1) is 20.3 Å². The van der Waals surface area contributed by atoms with E-state index in [0.29, 0.717) is 13.2 Å². The Balaban J connectivity index is 2.04. The van der Waals surface area contributed by atoms with E-state index in [2.05, 4.69) is 14.1 Å². The summed E-state index contributed by atoms with van der Waals surface area (Å²) in [5.41, 5.74) is 0. The van der Waals surface area contributed by atoms with Crippen LogP contribution in [0.3, 0.4) is 0 Å². The summed E-state index contributed by atoms with van der Waals surface area (Å²) < 4.78 is 14.1. The molecule has 0 saturated carbocycles. The molecule has 1 aliphatic rings. The summed E-state index contributed by atoms with van der Waals surface area (Å²) in [5.74, 6) is 0.409. The van der Waals surface area contributed by atoms with Crippen molar-refractivity contribution < 1.29 is 14.3 Å². The zero-order valence-electron chi connectivity index (χ0n) is 9.17. The number of rotatable bonds is 2. The molecule has 1 fully saturated rings. The molecular weight excluding hydrogens is 230 g/mol. The molecule has 88 valence electrons. The Morgan fingerprint density at radius 1 is 1.69 bits per heavy atom. The summed E-state index contributed by atoms with van der Waals surface area (Å²) >= 11 is 1.33. The van der Waals surface area contributed by atoms with Crippen molar-refractivity contribution >= 4 is 22.6 Å². The van der Waals surface area contributed by atoms with Gasteiger partial charge in [-0.1, -0.05) is 0 Å². The van der Waals surface area contributed by atoms with E-state index in [1.807, 2.05) is 11.8 Å². The second-order valence-corrected chi connectivity index (χ2v) is 4.18. The first-order chi connectivity index (χ1) is 7.70. The monoisotopic (exact) mass is 243 g/mol. The summed E-state index contributed by atoms with van der Waals surface area (Å²) in [6.07, 6.45) is -0.525. The van der Waals surface area contributed by atoms with Crippen LogP contribution in [0, 0.1) is 6.92 Å². The van der Waals surface area contributed by atoms with E-state index in [-0.39, 0.29) is 5.97 Å². The summed E-state index contributed by atoms with van der Waals surface area (Å²) in [7, 11) is 1.36. The average molecular weight is 243 g/mol. The van der Waals surface area contributed by atoms with Crippen molar-refractivity contribution in [2.24, 2.45) is 0 Å². The van der Waals surface area contributed by atoms with E-state index < -0.39 is 6.10 Å². The van der Waals surface area contributed by atoms with Gasteiger partial charge >= 0.3 is 5.97 Å². The van der Waals surface area contributed by atoms with Gasteiger partial charge < -0.3 is 14.4 Å². The minimum atomic E-state index is -0.525. The lowest BCUT2D eigenvalue weighted by atomic mass is 10.3. The largest absolute Gasteiger partial charge is 0.467 e. The molecule has 7 heteroatoms. The second kappa shape index (κ2) is 4.75. The highest BCUT2D eigenvalue weighted by Gasteiger charge is 2.28. The van der Waals surface area contributed by atoms with Gasteiger partial charge in [-0.3, -0.25) is 0 Å². The van der Waals surface area contributed by atoms with E-state index in [1.54, 1.807) is 0 Å². The van der Waals surface area contributed by atoms with Gasteiger partial charge in [0.1, 0.15) is 5.82 Å². The molecular formula is C9H13N3O3S. The number of hydrogen-bond donors (Lipinski definition) is 0. The number of aromatic nitrogens is 2. The highest BCUT2D eigenvalue weighted by molar-refractivity contribution is 7.09.